The second-order valence-corrected chi connectivity index (χ2v) is 4.47. The molecule has 7 heteroatoms. The molecule has 3 heterocycles. The topological polar surface area (TPSA) is 133 Å². The van der Waals surface area contributed by atoms with Crippen LogP contribution in [0.25, 0.3) is 22.3 Å². The van der Waals surface area contributed by atoms with E-state index < -0.39 is 0 Å². The van der Waals surface area contributed by atoms with E-state index in [0.29, 0.717) is 6.54 Å². The Kier molecular flexibility index (Phi) is 3.05. The molecule has 0 spiro atoms. The molecule has 7 N–H and O–H groups in total. The van der Waals surface area contributed by atoms with Gasteiger partial charge in [0.1, 0.15) is 5.65 Å². The number of hydrogen-bond acceptors (Lipinski definition) is 6. The number of pyridine rings is 1. The Hall–Kier alpha value is -2.51. The van der Waals surface area contributed by atoms with Gasteiger partial charge < -0.3 is 22.2 Å². The number of rotatable bonds is 3. The van der Waals surface area contributed by atoms with Crippen LogP contribution in [0.2, 0.25) is 0 Å². The molecule has 0 aromatic carbocycles. The highest BCUT2D eigenvalue weighted by atomic mass is 15.0. The SMILES string of the molecule is NCC(N)c1ccnc2[nH]cc(-c3ccnc(N)n3)c12. The number of H-pyrrole nitrogens is 1. The van der Waals surface area contributed by atoms with Crippen LogP contribution in [0.15, 0.2) is 30.7 Å². The van der Waals surface area contributed by atoms with Gasteiger partial charge >= 0.3 is 0 Å². The number of anilines is 1. The third-order valence-corrected chi connectivity index (χ3v) is 3.21. The molecule has 7 nitrogen and oxygen atoms in total. The smallest absolute Gasteiger partial charge is 0.220 e. The van der Waals surface area contributed by atoms with E-state index in [1.54, 1.807) is 18.5 Å². The molecule has 0 saturated heterocycles. The van der Waals surface area contributed by atoms with Crippen LogP contribution in [0.3, 0.4) is 0 Å². The van der Waals surface area contributed by atoms with E-state index in [1.165, 1.54) is 0 Å². The van der Waals surface area contributed by atoms with Crippen molar-refractivity contribution in [3.05, 3.63) is 36.3 Å². The first-order valence-corrected chi connectivity index (χ1v) is 6.21. The quantitative estimate of drug-likeness (QED) is 0.549. The van der Waals surface area contributed by atoms with Crippen LogP contribution in [-0.2, 0) is 0 Å². The van der Waals surface area contributed by atoms with Gasteiger partial charge in [-0.2, -0.15) is 0 Å². The normalized spacial score (nSPS) is 12.7. The number of nitrogens with two attached hydrogens (primary N) is 3. The highest BCUT2D eigenvalue weighted by Crippen LogP contribution is 2.31. The summed E-state index contributed by atoms with van der Waals surface area (Å²) in [6, 6.07) is 3.42. The Morgan fingerprint density at radius 1 is 1.20 bits per heavy atom. The van der Waals surface area contributed by atoms with Crippen molar-refractivity contribution < 1.29 is 0 Å². The Morgan fingerprint density at radius 2 is 2.00 bits per heavy atom. The Morgan fingerprint density at radius 3 is 2.75 bits per heavy atom. The van der Waals surface area contributed by atoms with Gasteiger partial charge in [-0.15, -0.1) is 0 Å². The summed E-state index contributed by atoms with van der Waals surface area (Å²) in [7, 11) is 0. The molecule has 0 bridgehead atoms. The number of aromatic nitrogens is 4. The van der Waals surface area contributed by atoms with Crippen molar-refractivity contribution in [3.8, 4) is 11.3 Å². The van der Waals surface area contributed by atoms with Gasteiger partial charge in [0.2, 0.25) is 5.95 Å². The lowest BCUT2D eigenvalue weighted by Gasteiger charge is -2.11. The minimum Gasteiger partial charge on any atom is -0.368 e. The largest absolute Gasteiger partial charge is 0.368 e. The van der Waals surface area contributed by atoms with E-state index in [4.69, 9.17) is 17.2 Å². The van der Waals surface area contributed by atoms with Crippen LogP contribution in [0.4, 0.5) is 5.95 Å². The van der Waals surface area contributed by atoms with Gasteiger partial charge in [-0.25, -0.2) is 15.0 Å². The summed E-state index contributed by atoms with van der Waals surface area (Å²) in [6.45, 7) is 0.357. The first-order valence-electron chi connectivity index (χ1n) is 6.21. The maximum atomic E-state index is 6.07. The molecule has 0 aliphatic rings. The first-order chi connectivity index (χ1) is 9.70. The minimum atomic E-state index is -0.255. The van der Waals surface area contributed by atoms with Crippen molar-refractivity contribution >= 4 is 17.0 Å². The molecule has 3 rings (SSSR count). The molecule has 0 radical (unpaired) electrons. The molecule has 0 amide bonds. The van der Waals surface area contributed by atoms with Gasteiger partial charge in [0.05, 0.1) is 5.69 Å². The summed E-state index contributed by atoms with van der Waals surface area (Å²) in [6.07, 6.45) is 5.17. The molecular weight excluding hydrogens is 254 g/mol. The number of fused-ring (bicyclic) bond motifs is 1. The maximum absolute atomic E-state index is 6.07. The molecule has 1 atom stereocenters. The summed E-state index contributed by atoms with van der Waals surface area (Å²) < 4.78 is 0. The maximum Gasteiger partial charge on any atom is 0.220 e. The lowest BCUT2D eigenvalue weighted by molar-refractivity contribution is 0.742. The average molecular weight is 269 g/mol. The molecule has 20 heavy (non-hydrogen) atoms. The standard InChI is InChI=1S/C13H15N7/c14-5-9(15)7-1-3-17-12-11(7)8(6-19-12)10-2-4-18-13(16)20-10/h1-4,6,9H,5,14-15H2,(H,17,19)(H2,16,18,20). The van der Waals surface area contributed by atoms with Crippen LogP contribution >= 0.6 is 0 Å². The second-order valence-electron chi connectivity index (χ2n) is 4.47. The molecule has 102 valence electrons. The van der Waals surface area contributed by atoms with Gasteiger partial charge in [0, 0.05) is 42.1 Å². The van der Waals surface area contributed by atoms with Crippen LogP contribution in [0.5, 0.6) is 0 Å². The van der Waals surface area contributed by atoms with Crippen molar-refractivity contribution in [2.75, 3.05) is 12.3 Å². The Labute approximate surface area is 115 Å². The summed E-state index contributed by atoms with van der Waals surface area (Å²) in [5, 5.41) is 0.920. The van der Waals surface area contributed by atoms with Crippen LogP contribution in [-0.4, -0.2) is 26.5 Å². The number of nitrogens with zero attached hydrogens (tertiary/aromatic N) is 3. The minimum absolute atomic E-state index is 0.227. The predicted octanol–water partition coefficient (Wildman–Crippen LogP) is 0.561. The van der Waals surface area contributed by atoms with Gasteiger partial charge in [0.15, 0.2) is 0 Å². The molecule has 3 aromatic heterocycles. The highest BCUT2D eigenvalue weighted by Gasteiger charge is 2.16. The lowest BCUT2D eigenvalue weighted by atomic mass is 10.0. The molecule has 1 unspecified atom stereocenters. The van der Waals surface area contributed by atoms with Gasteiger partial charge in [-0.3, -0.25) is 0 Å². The zero-order valence-corrected chi connectivity index (χ0v) is 10.7. The molecular formula is C13H15N7. The van der Waals surface area contributed by atoms with Crippen molar-refractivity contribution in [2.45, 2.75) is 6.04 Å². The fourth-order valence-electron chi connectivity index (χ4n) is 2.24. The van der Waals surface area contributed by atoms with Crippen LogP contribution in [0.1, 0.15) is 11.6 Å². The number of hydrogen-bond donors (Lipinski definition) is 4. The fourth-order valence-corrected chi connectivity index (χ4v) is 2.24. The zero-order chi connectivity index (χ0) is 14.1. The Balaban J connectivity index is 2.26. The summed E-state index contributed by atoms with van der Waals surface area (Å²) in [5.41, 5.74) is 20.7. The molecule has 3 aromatic rings. The second kappa shape index (κ2) is 4.87. The van der Waals surface area contributed by atoms with Gasteiger partial charge in [-0.05, 0) is 17.7 Å². The van der Waals surface area contributed by atoms with E-state index in [-0.39, 0.29) is 12.0 Å². The Bertz CT molecular complexity index is 749. The molecule has 0 aliphatic heterocycles. The van der Waals surface area contributed by atoms with E-state index in [9.17, 15) is 0 Å². The third-order valence-electron chi connectivity index (χ3n) is 3.21. The number of aromatic amines is 1. The van der Waals surface area contributed by atoms with E-state index in [1.807, 2.05) is 12.3 Å². The predicted molar refractivity (Wildman–Crippen MR) is 77.5 cm³/mol. The summed E-state index contributed by atoms with van der Waals surface area (Å²) in [4.78, 5) is 15.6. The summed E-state index contributed by atoms with van der Waals surface area (Å²) in [5.74, 6) is 0.227. The average Bonchev–Trinajstić information content (AvgIpc) is 2.90. The van der Waals surface area contributed by atoms with Crippen LogP contribution < -0.4 is 17.2 Å². The number of nitrogen functional groups attached to an aromatic ring is 1. The molecule has 0 aliphatic carbocycles. The highest BCUT2D eigenvalue weighted by molar-refractivity contribution is 5.95. The summed E-state index contributed by atoms with van der Waals surface area (Å²) >= 11 is 0. The van der Waals surface area contributed by atoms with E-state index >= 15 is 0 Å². The van der Waals surface area contributed by atoms with Gasteiger partial charge in [-0.1, -0.05) is 0 Å². The fraction of sp³-hybridized carbons (Fsp3) is 0.154. The van der Waals surface area contributed by atoms with Crippen molar-refractivity contribution in [1.29, 1.82) is 0 Å². The van der Waals surface area contributed by atoms with Crippen LogP contribution in [0, 0.1) is 0 Å². The van der Waals surface area contributed by atoms with Gasteiger partial charge in [0.25, 0.3) is 0 Å². The molecule has 0 saturated carbocycles. The monoisotopic (exact) mass is 269 g/mol. The molecule has 0 fully saturated rings. The van der Waals surface area contributed by atoms with Crippen molar-refractivity contribution in [3.63, 3.8) is 0 Å². The van der Waals surface area contributed by atoms with E-state index in [0.717, 1.165) is 27.9 Å². The number of nitrogens with one attached hydrogen (secondary N) is 1. The zero-order valence-electron chi connectivity index (χ0n) is 10.7. The third kappa shape index (κ3) is 1.98. The van der Waals surface area contributed by atoms with Crippen molar-refractivity contribution in [1.82, 2.24) is 19.9 Å². The van der Waals surface area contributed by atoms with Crippen molar-refractivity contribution in [2.24, 2.45) is 11.5 Å². The van der Waals surface area contributed by atoms with E-state index in [2.05, 4.69) is 19.9 Å². The first kappa shape index (κ1) is 12.5. The lowest BCUT2D eigenvalue weighted by Crippen LogP contribution is -2.21.